The van der Waals surface area contributed by atoms with Crippen molar-refractivity contribution >= 4 is 0 Å². The molecule has 1 aromatic heterocycles. The summed E-state index contributed by atoms with van der Waals surface area (Å²) in [5, 5.41) is 0. The second-order valence-corrected chi connectivity index (χ2v) is 8.78. The summed E-state index contributed by atoms with van der Waals surface area (Å²) in [4.78, 5) is 8.76. The van der Waals surface area contributed by atoms with Gasteiger partial charge < -0.3 is 4.98 Å². The van der Waals surface area contributed by atoms with Gasteiger partial charge in [-0.3, -0.25) is 0 Å². The Bertz CT molecular complexity index is 458. The van der Waals surface area contributed by atoms with Crippen LogP contribution in [0.5, 0.6) is 0 Å². The van der Waals surface area contributed by atoms with Gasteiger partial charge in [0.1, 0.15) is 5.82 Å². The highest BCUT2D eigenvalue weighted by Gasteiger charge is 2.34. The number of aromatic amines is 1. The van der Waals surface area contributed by atoms with Gasteiger partial charge in [0.25, 0.3) is 0 Å². The van der Waals surface area contributed by atoms with E-state index in [-0.39, 0.29) is 16.2 Å². The summed E-state index contributed by atoms with van der Waals surface area (Å²) in [6.07, 6.45) is 4.82. The molecule has 0 unspecified atom stereocenters. The number of nitrogens with one attached hydrogen (secondary N) is 1. The van der Waals surface area contributed by atoms with E-state index in [2.05, 4.69) is 67.3 Å². The van der Waals surface area contributed by atoms with Gasteiger partial charge in [-0.15, -0.1) is 0 Å². The number of imidazole rings is 1. The van der Waals surface area contributed by atoms with E-state index in [4.69, 9.17) is 4.98 Å². The van der Waals surface area contributed by atoms with Crippen LogP contribution in [0.3, 0.4) is 0 Å². The van der Waals surface area contributed by atoms with Crippen molar-refractivity contribution in [2.75, 3.05) is 0 Å². The van der Waals surface area contributed by atoms with E-state index in [9.17, 15) is 0 Å². The average Bonchev–Trinajstić information content (AvgIpc) is 2.83. The number of H-pyrrole nitrogens is 1. The van der Waals surface area contributed by atoms with Gasteiger partial charge in [-0.25, -0.2) is 4.98 Å². The summed E-state index contributed by atoms with van der Waals surface area (Å²) < 4.78 is 0. The molecule has 0 atom stereocenters. The predicted octanol–water partition coefficient (Wildman–Crippen LogP) is 5.86. The Kier molecular flexibility index (Phi) is 5.34. The lowest BCUT2D eigenvalue weighted by molar-refractivity contribution is 0.428. The molecule has 0 aromatic carbocycles. The lowest BCUT2D eigenvalue weighted by Gasteiger charge is -2.28. The molecule has 21 heavy (non-hydrogen) atoms. The Morgan fingerprint density at radius 2 is 1.48 bits per heavy atom. The van der Waals surface area contributed by atoms with Crippen molar-refractivity contribution in [3.05, 3.63) is 17.2 Å². The Morgan fingerprint density at radius 3 is 1.90 bits per heavy atom. The van der Waals surface area contributed by atoms with Crippen molar-refractivity contribution in [3.63, 3.8) is 0 Å². The average molecular weight is 293 g/mol. The van der Waals surface area contributed by atoms with E-state index in [1.807, 2.05) is 0 Å². The molecular formula is C19H36N2. The van der Waals surface area contributed by atoms with Crippen LogP contribution in [-0.2, 0) is 16.2 Å². The fourth-order valence-corrected chi connectivity index (χ4v) is 2.64. The van der Waals surface area contributed by atoms with Gasteiger partial charge >= 0.3 is 0 Å². The minimum absolute atomic E-state index is 0.0807. The zero-order chi connectivity index (χ0) is 16.5. The monoisotopic (exact) mass is 292 g/mol. The van der Waals surface area contributed by atoms with Crippen molar-refractivity contribution in [2.24, 2.45) is 0 Å². The summed E-state index contributed by atoms with van der Waals surface area (Å²) in [7, 11) is 0. The van der Waals surface area contributed by atoms with Crippen LogP contribution in [-0.4, -0.2) is 9.97 Å². The van der Waals surface area contributed by atoms with E-state index in [0.29, 0.717) is 0 Å². The first-order valence-electron chi connectivity index (χ1n) is 8.57. The summed E-state index contributed by atoms with van der Waals surface area (Å²) in [6, 6.07) is 0. The number of rotatable bonds is 6. The minimum atomic E-state index is 0.0807. The molecule has 2 nitrogen and oxygen atoms in total. The molecule has 1 aromatic rings. The van der Waals surface area contributed by atoms with Gasteiger partial charge in [-0.2, -0.15) is 0 Å². The normalized spacial score (nSPS) is 13.8. The quantitative estimate of drug-likeness (QED) is 0.698. The minimum Gasteiger partial charge on any atom is -0.345 e. The number of hydrogen-bond donors (Lipinski definition) is 1. The van der Waals surface area contributed by atoms with Crippen LogP contribution in [0, 0.1) is 0 Å². The fourth-order valence-electron chi connectivity index (χ4n) is 2.64. The van der Waals surface area contributed by atoms with Crippen molar-refractivity contribution in [3.8, 4) is 0 Å². The maximum absolute atomic E-state index is 5.04. The van der Waals surface area contributed by atoms with Gasteiger partial charge in [0, 0.05) is 21.9 Å². The van der Waals surface area contributed by atoms with Crippen LogP contribution in [0.4, 0.5) is 0 Å². The third-order valence-corrected chi connectivity index (χ3v) is 4.77. The Labute approximate surface area is 132 Å². The molecule has 0 radical (unpaired) electrons. The molecule has 0 aliphatic rings. The van der Waals surface area contributed by atoms with Gasteiger partial charge in [0.05, 0.1) is 5.69 Å². The van der Waals surface area contributed by atoms with E-state index in [0.717, 1.165) is 12.2 Å². The lowest BCUT2D eigenvalue weighted by Crippen LogP contribution is -2.24. The largest absolute Gasteiger partial charge is 0.345 e. The second kappa shape index (κ2) is 6.14. The SMILES string of the molecule is CCCCC(C)(C)c1[nH]c(C(C)(C)CC)nc1C(C)(C)C. The molecule has 0 fully saturated rings. The van der Waals surface area contributed by atoms with E-state index < -0.39 is 0 Å². The number of aromatic nitrogens is 2. The van der Waals surface area contributed by atoms with Crippen LogP contribution >= 0.6 is 0 Å². The molecule has 0 amide bonds. The number of unbranched alkanes of at least 4 members (excludes halogenated alkanes) is 1. The Hall–Kier alpha value is -0.790. The Morgan fingerprint density at radius 1 is 0.905 bits per heavy atom. The molecule has 0 aliphatic heterocycles. The molecular weight excluding hydrogens is 256 g/mol. The zero-order valence-corrected chi connectivity index (χ0v) is 15.8. The zero-order valence-electron chi connectivity index (χ0n) is 15.8. The molecule has 0 spiro atoms. The molecule has 0 saturated heterocycles. The molecule has 0 saturated carbocycles. The van der Waals surface area contributed by atoms with Crippen molar-refractivity contribution in [1.82, 2.24) is 9.97 Å². The topological polar surface area (TPSA) is 28.7 Å². The van der Waals surface area contributed by atoms with Crippen LogP contribution in [0.2, 0.25) is 0 Å². The van der Waals surface area contributed by atoms with E-state index in [1.165, 1.54) is 30.7 Å². The van der Waals surface area contributed by atoms with Gasteiger partial charge in [0.15, 0.2) is 0 Å². The highest BCUT2D eigenvalue weighted by Crippen LogP contribution is 2.38. The highest BCUT2D eigenvalue weighted by atomic mass is 15.0. The van der Waals surface area contributed by atoms with Gasteiger partial charge in [-0.1, -0.05) is 75.2 Å². The number of hydrogen-bond acceptors (Lipinski definition) is 1. The molecule has 0 bridgehead atoms. The van der Waals surface area contributed by atoms with Gasteiger partial charge in [-0.05, 0) is 12.8 Å². The van der Waals surface area contributed by atoms with Crippen molar-refractivity contribution in [2.45, 2.75) is 104 Å². The molecule has 1 heterocycles. The molecule has 1 N–H and O–H groups in total. The first-order chi connectivity index (χ1) is 9.45. The smallest absolute Gasteiger partial charge is 0.112 e. The maximum atomic E-state index is 5.04. The first kappa shape index (κ1) is 18.3. The third kappa shape index (κ3) is 4.11. The number of nitrogens with zero attached hydrogens (tertiary/aromatic N) is 1. The summed E-state index contributed by atoms with van der Waals surface area (Å²) >= 11 is 0. The lowest BCUT2D eigenvalue weighted by atomic mass is 9.78. The van der Waals surface area contributed by atoms with E-state index >= 15 is 0 Å². The van der Waals surface area contributed by atoms with Crippen LogP contribution < -0.4 is 0 Å². The third-order valence-electron chi connectivity index (χ3n) is 4.77. The van der Waals surface area contributed by atoms with Crippen LogP contribution in [0.1, 0.15) is 105 Å². The first-order valence-corrected chi connectivity index (χ1v) is 8.57. The summed E-state index contributed by atoms with van der Waals surface area (Å²) in [5.74, 6) is 1.15. The maximum Gasteiger partial charge on any atom is 0.112 e. The van der Waals surface area contributed by atoms with Gasteiger partial charge in [0.2, 0.25) is 0 Å². The second-order valence-electron chi connectivity index (χ2n) is 8.78. The fraction of sp³-hybridized carbons (Fsp3) is 0.842. The van der Waals surface area contributed by atoms with Crippen LogP contribution in [0.15, 0.2) is 0 Å². The predicted molar refractivity (Wildman–Crippen MR) is 93.2 cm³/mol. The van der Waals surface area contributed by atoms with Crippen molar-refractivity contribution < 1.29 is 0 Å². The molecule has 2 heteroatoms. The van der Waals surface area contributed by atoms with E-state index in [1.54, 1.807) is 0 Å². The standard InChI is InChI=1S/C19H36N2/c1-10-12-13-19(8,9)15-14(17(3,4)5)20-16(21-15)18(6,7)11-2/h10-13H2,1-9H3,(H,20,21). The van der Waals surface area contributed by atoms with Crippen molar-refractivity contribution in [1.29, 1.82) is 0 Å². The molecule has 1 rings (SSSR count). The highest BCUT2D eigenvalue weighted by molar-refractivity contribution is 5.30. The Balaban J connectivity index is 3.36. The summed E-state index contributed by atoms with van der Waals surface area (Å²) in [5.41, 5.74) is 2.95. The molecule has 122 valence electrons. The summed E-state index contributed by atoms with van der Waals surface area (Å²) in [6.45, 7) is 20.6. The molecule has 0 aliphatic carbocycles. The van der Waals surface area contributed by atoms with Crippen LogP contribution in [0.25, 0.3) is 0 Å².